The quantitative estimate of drug-likeness (QED) is 0.718. The van der Waals surface area contributed by atoms with Crippen LogP contribution in [0.5, 0.6) is 0 Å². The third kappa shape index (κ3) is 6.02. The minimum absolute atomic E-state index is 0.0127. The molecule has 2 aliphatic heterocycles. The Labute approximate surface area is 176 Å². The van der Waals surface area contributed by atoms with Crippen LogP contribution in [0.25, 0.3) is 0 Å². The topological polar surface area (TPSA) is 54.0 Å². The van der Waals surface area contributed by atoms with E-state index in [-0.39, 0.29) is 12.0 Å². The first-order chi connectivity index (χ1) is 14.3. The maximum Gasteiger partial charge on any atom is 0.238 e. The van der Waals surface area contributed by atoms with Crippen LogP contribution in [0.3, 0.4) is 0 Å². The maximum absolute atomic E-state index is 12.7. The summed E-state index contributed by atoms with van der Waals surface area (Å²) in [6.07, 6.45) is 2.42. The second kappa shape index (κ2) is 10.2. The Kier molecular flexibility index (Phi) is 7.16. The molecule has 1 atom stereocenters. The molecule has 1 N–H and O–H groups in total. The highest BCUT2D eigenvalue weighted by Gasteiger charge is 2.21. The van der Waals surface area contributed by atoms with Crippen molar-refractivity contribution in [3.63, 3.8) is 0 Å². The van der Waals surface area contributed by atoms with Gasteiger partial charge in [-0.25, -0.2) is 0 Å². The average Bonchev–Trinajstić information content (AvgIpc) is 3.43. The average molecular weight is 416 g/mol. The molecule has 0 bridgehead atoms. The van der Waals surface area contributed by atoms with Gasteiger partial charge in [0.15, 0.2) is 0 Å². The first-order valence-electron chi connectivity index (χ1n) is 10.4. The van der Waals surface area contributed by atoms with E-state index in [9.17, 15) is 4.79 Å². The summed E-state index contributed by atoms with van der Waals surface area (Å²) in [6.45, 7) is 6.12. The molecule has 29 heavy (non-hydrogen) atoms. The van der Waals surface area contributed by atoms with Gasteiger partial charge >= 0.3 is 0 Å². The van der Waals surface area contributed by atoms with Gasteiger partial charge in [0.2, 0.25) is 5.91 Å². The van der Waals surface area contributed by atoms with Crippen molar-refractivity contribution in [1.29, 1.82) is 0 Å². The molecule has 2 aromatic rings. The highest BCUT2D eigenvalue weighted by Crippen LogP contribution is 2.20. The Morgan fingerprint density at radius 1 is 1.17 bits per heavy atom. The monoisotopic (exact) mass is 415 g/mol. The summed E-state index contributed by atoms with van der Waals surface area (Å²) in [5.41, 5.74) is 2.00. The summed E-state index contributed by atoms with van der Waals surface area (Å²) in [7, 11) is 0. The number of carbonyl (C=O) groups is 1. The fraction of sp³-hybridized carbons (Fsp3) is 0.500. The van der Waals surface area contributed by atoms with Gasteiger partial charge in [0.1, 0.15) is 0 Å². The van der Waals surface area contributed by atoms with Crippen LogP contribution in [0.15, 0.2) is 41.8 Å². The van der Waals surface area contributed by atoms with E-state index >= 15 is 0 Å². The van der Waals surface area contributed by atoms with Gasteiger partial charge in [-0.3, -0.25) is 9.69 Å². The Hall–Kier alpha value is -1.93. The molecular weight excluding hydrogens is 386 g/mol. The van der Waals surface area contributed by atoms with Crippen LogP contribution in [0, 0.1) is 0 Å². The van der Waals surface area contributed by atoms with Crippen LogP contribution in [-0.4, -0.2) is 62.9 Å². The Morgan fingerprint density at radius 2 is 2.00 bits per heavy atom. The number of rotatable bonds is 8. The van der Waals surface area contributed by atoms with E-state index < -0.39 is 0 Å². The number of hydrogen-bond donors (Lipinski definition) is 1. The van der Waals surface area contributed by atoms with Crippen molar-refractivity contribution < 1.29 is 14.3 Å². The zero-order chi connectivity index (χ0) is 19.9. The zero-order valence-corrected chi connectivity index (χ0v) is 17.5. The summed E-state index contributed by atoms with van der Waals surface area (Å²) >= 11 is 1.73. The van der Waals surface area contributed by atoms with Crippen molar-refractivity contribution >= 4 is 28.6 Å². The summed E-state index contributed by atoms with van der Waals surface area (Å²) in [5.74, 6) is 0.0127. The maximum atomic E-state index is 12.7. The lowest BCUT2D eigenvalue weighted by Gasteiger charge is -2.29. The number of thiophene rings is 1. The number of benzene rings is 1. The first kappa shape index (κ1) is 20.3. The number of hydrogen-bond acceptors (Lipinski definition) is 6. The normalized spacial score (nSPS) is 19.6. The van der Waals surface area contributed by atoms with Gasteiger partial charge in [-0.1, -0.05) is 6.07 Å². The number of morpholine rings is 1. The Bertz CT molecular complexity index is 754. The molecule has 1 amide bonds. The van der Waals surface area contributed by atoms with E-state index in [1.54, 1.807) is 11.3 Å². The lowest BCUT2D eigenvalue weighted by molar-refractivity contribution is -0.117. The van der Waals surface area contributed by atoms with Gasteiger partial charge in [0.25, 0.3) is 0 Å². The smallest absolute Gasteiger partial charge is 0.238 e. The molecule has 0 saturated carbocycles. The molecule has 2 saturated heterocycles. The summed E-state index contributed by atoms with van der Waals surface area (Å²) in [4.78, 5) is 18.5. The van der Waals surface area contributed by atoms with Crippen molar-refractivity contribution in [2.24, 2.45) is 0 Å². The van der Waals surface area contributed by atoms with Gasteiger partial charge in [-0.05, 0) is 48.6 Å². The van der Waals surface area contributed by atoms with Gasteiger partial charge in [0, 0.05) is 49.0 Å². The van der Waals surface area contributed by atoms with Crippen molar-refractivity contribution in [2.45, 2.75) is 25.5 Å². The van der Waals surface area contributed by atoms with E-state index in [1.165, 1.54) is 10.6 Å². The molecule has 6 nitrogen and oxygen atoms in total. The SMILES string of the molecule is O=C(CN(Cc1cccs1)CC1CCCO1)Nc1ccc(N2CCOCC2)cc1. The van der Waals surface area contributed by atoms with Crippen LogP contribution < -0.4 is 10.2 Å². The third-order valence-electron chi connectivity index (χ3n) is 5.34. The molecule has 2 aliphatic rings. The Balaban J connectivity index is 1.32. The minimum atomic E-state index is 0.0127. The standard InChI is InChI=1S/C22H29N3O3S/c26-22(23-18-5-7-19(8-6-18)25-9-12-27-13-10-25)17-24(15-20-3-1-11-28-20)16-21-4-2-14-29-21/h2,4-8,14,20H,1,3,9-13,15-17H2,(H,23,26). The van der Waals surface area contributed by atoms with E-state index in [0.29, 0.717) is 6.54 Å². The third-order valence-corrected chi connectivity index (χ3v) is 6.20. The number of amides is 1. The molecule has 2 fully saturated rings. The fourth-order valence-electron chi connectivity index (χ4n) is 3.86. The van der Waals surface area contributed by atoms with Gasteiger partial charge in [-0.15, -0.1) is 11.3 Å². The second-order valence-corrected chi connectivity index (χ2v) is 8.61. The van der Waals surface area contributed by atoms with Crippen LogP contribution >= 0.6 is 11.3 Å². The summed E-state index contributed by atoms with van der Waals surface area (Å²) in [5, 5.41) is 5.12. The zero-order valence-electron chi connectivity index (χ0n) is 16.7. The largest absolute Gasteiger partial charge is 0.378 e. The van der Waals surface area contributed by atoms with Crippen molar-refractivity contribution in [3.05, 3.63) is 46.7 Å². The molecule has 0 radical (unpaired) electrons. The minimum Gasteiger partial charge on any atom is -0.378 e. The van der Waals surface area contributed by atoms with Crippen molar-refractivity contribution in [2.75, 3.05) is 56.2 Å². The lowest BCUT2D eigenvalue weighted by atomic mass is 10.2. The van der Waals surface area contributed by atoms with Gasteiger partial charge in [-0.2, -0.15) is 0 Å². The molecule has 4 rings (SSSR count). The molecule has 1 aromatic heterocycles. The number of nitrogens with one attached hydrogen (secondary N) is 1. The molecule has 1 unspecified atom stereocenters. The van der Waals surface area contributed by atoms with Gasteiger partial charge < -0.3 is 19.7 Å². The lowest BCUT2D eigenvalue weighted by Crippen LogP contribution is -2.37. The number of ether oxygens (including phenoxy) is 2. The summed E-state index contributed by atoms with van der Waals surface area (Å²) < 4.78 is 11.2. The van der Waals surface area contributed by atoms with E-state index in [4.69, 9.17) is 9.47 Å². The summed E-state index contributed by atoms with van der Waals surface area (Å²) in [6, 6.07) is 12.3. The van der Waals surface area contributed by atoms with Crippen LogP contribution in [0.4, 0.5) is 11.4 Å². The van der Waals surface area contributed by atoms with Gasteiger partial charge in [0.05, 0.1) is 25.9 Å². The first-order valence-corrected chi connectivity index (χ1v) is 11.2. The highest BCUT2D eigenvalue weighted by molar-refractivity contribution is 7.09. The van der Waals surface area contributed by atoms with Crippen molar-refractivity contribution in [1.82, 2.24) is 4.90 Å². The highest BCUT2D eigenvalue weighted by atomic mass is 32.1. The predicted octanol–water partition coefficient (Wildman–Crippen LogP) is 3.20. The number of carbonyl (C=O) groups excluding carboxylic acids is 1. The fourth-order valence-corrected chi connectivity index (χ4v) is 4.61. The molecular formula is C22H29N3O3S. The molecule has 1 aromatic carbocycles. The molecule has 3 heterocycles. The molecule has 0 spiro atoms. The van der Waals surface area contributed by atoms with Crippen LogP contribution in [0.1, 0.15) is 17.7 Å². The second-order valence-electron chi connectivity index (χ2n) is 7.58. The number of anilines is 2. The molecule has 7 heteroatoms. The Morgan fingerprint density at radius 3 is 2.69 bits per heavy atom. The molecule has 0 aliphatic carbocycles. The predicted molar refractivity (Wildman–Crippen MR) is 117 cm³/mol. The van der Waals surface area contributed by atoms with E-state index in [2.05, 4.69) is 44.8 Å². The van der Waals surface area contributed by atoms with Crippen LogP contribution in [-0.2, 0) is 20.8 Å². The van der Waals surface area contributed by atoms with Crippen molar-refractivity contribution in [3.8, 4) is 0 Å². The van der Waals surface area contributed by atoms with E-state index in [0.717, 1.165) is 64.5 Å². The van der Waals surface area contributed by atoms with E-state index in [1.807, 2.05) is 12.1 Å². The number of nitrogens with zero attached hydrogens (tertiary/aromatic N) is 2. The molecule has 156 valence electrons. The van der Waals surface area contributed by atoms with Crippen LogP contribution in [0.2, 0.25) is 0 Å².